The number of hydrogen-bond donors (Lipinski definition) is 2. The normalized spacial score (nSPS) is 21.7. The number of carbonyl (C=O) groups excluding carboxylic acids is 1. The Hall–Kier alpha value is -2.49. The molecule has 0 saturated carbocycles. The molecule has 1 amide bonds. The molecule has 3 rings (SSSR count). The van der Waals surface area contributed by atoms with Gasteiger partial charge in [0.25, 0.3) is 0 Å². The van der Waals surface area contributed by atoms with Crippen LogP contribution >= 0.6 is 0 Å². The molecule has 0 fully saturated rings. The molecule has 176 valence electrons. The zero-order valence-corrected chi connectivity index (χ0v) is 19.2. The standard InChI is InChI=1S/C23H35N5O4/c1-17-11-28(18(2)15-29)23(31)8-5-9-27-13-20(24-25-27)16-32-22(17)14-26(3)12-19-6-4-7-21(30)10-19/h4,6-7,10,13,17-18,22,29-30H,5,8-9,11-12,14-16H2,1-3H3/t17-,18-,22+/m1/s1. The Kier molecular flexibility index (Phi) is 8.60. The number of aliphatic hydroxyl groups is 1. The lowest BCUT2D eigenvalue weighted by Gasteiger charge is -2.35. The third-order valence-corrected chi connectivity index (χ3v) is 5.90. The lowest BCUT2D eigenvalue weighted by molar-refractivity contribution is -0.136. The highest BCUT2D eigenvalue weighted by Crippen LogP contribution is 2.19. The molecule has 1 aliphatic heterocycles. The van der Waals surface area contributed by atoms with E-state index < -0.39 is 0 Å². The molecule has 2 bridgehead atoms. The number of aliphatic hydroxyl groups excluding tert-OH is 1. The van der Waals surface area contributed by atoms with E-state index in [0.717, 1.165) is 11.3 Å². The lowest BCUT2D eigenvalue weighted by atomic mass is 10.0. The molecule has 3 atom stereocenters. The largest absolute Gasteiger partial charge is 0.508 e. The predicted molar refractivity (Wildman–Crippen MR) is 120 cm³/mol. The fourth-order valence-corrected chi connectivity index (χ4v) is 4.03. The van der Waals surface area contributed by atoms with Crippen molar-refractivity contribution in [2.45, 2.75) is 58.5 Å². The average Bonchev–Trinajstić information content (AvgIpc) is 3.21. The molecule has 0 unspecified atom stereocenters. The van der Waals surface area contributed by atoms with E-state index in [2.05, 4.69) is 22.1 Å². The molecule has 1 aromatic carbocycles. The first-order valence-corrected chi connectivity index (χ1v) is 11.2. The highest BCUT2D eigenvalue weighted by Gasteiger charge is 2.28. The second kappa shape index (κ2) is 11.4. The van der Waals surface area contributed by atoms with Crippen LogP contribution < -0.4 is 0 Å². The van der Waals surface area contributed by atoms with E-state index >= 15 is 0 Å². The number of ether oxygens (including phenoxy) is 1. The minimum Gasteiger partial charge on any atom is -0.508 e. The van der Waals surface area contributed by atoms with Gasteiger partial charge in [0.2, 0.25) is 5.91 Å². The van der Waals surface area contributed by atoms with Gasteiger partial charge in [0.05, 0.1) is 31.6 Å². The van der Waals surface area contributed by atoms with Gasteiger partial charge in [-0.3, -0.25) is 14.4 Å². The van der Waals surface area contributed by atoms with Crippen molar-refractivity contribution < 1.29 is 19.7 Å². The number of aryl methyl sites for hydroxylation is 1. The van der Waals surface area contributed by atoms with Crippen molar-refractivity contribution in [2.75, 3.05) is 26.7 Å². The van der Waals surface area contributed by atoms with Gasteiger partial charge in [0, 0.05) is 38.5 Å². The topological polar surface area (TPSA) is 104 Å². The number of aromatic hydroxyl groups is 1. The minimum absolute atomic E-state index is 0.0323. The zero-order valence-electron chi connectivity index (χ0n) is 19.2. The average molecular weight is 446 g/mol. The van der Waals surface area contributed by atoms with Crippen LogP contribution in [0.4, 0.5) is 0 Å². The molecule has 2 aromatic rings. The number of hydrogen-bond acceptors (Lipinski definition) is 7. The fraction of sp³-hybridized carbons (Fsp3) is 0.609. The summed E-state index contributed by atoms with van der Waals surface area (Å²) in [6.07, 6.45) is 2.77. The van der Waals surface area contributed by atoms with Crippen LogP contribution in [-0.2, 0) is 29.2 Å². The van der Waals surface area contributed by atoms with E-state index in [1.54, 1.807) is 21.7 Å². The van der Waals surface area contributed by atoms with E-state index in [0.29, 0.717) is 45.6 Å². The first kappa shape index (κ1) is 24.2. The van der Waals surface area contributed by atoms with Crippen LogP contribution in [0.5, 0.6) is 5.75 Å². The van der Waals surface area contributed by atoms with Crippen molar-refractivity contribution in [2.24, 2.45) is 5.92 Å². The summed E-state index contributed by atoms with van der Waals surface area (Å²) in [4.78, 5) is 16.8. The Morgan fingerprint density at radius 3 is 2.94 bits per heavy atom. The number of fused-ring (bicyclic) bond motifs is 2. The molecule has 0 spiro atoms. The summed E-state index contributed by atoms with van der Waals surface area (Å²) in [5.41, 5.74) is 1.78. The monoisotopic (exact) mass is 445 g/mol. The smallest absolute Gasteiger partial charge is 0.222 e. The molecular weight excluding hydrogens is 410 g/mol. The predicted octanol–water partition coefficient (Wildman–Crippen LogP) is 1.64. The molecule has 2 heterocycles. The molecular formula is C23H35N5O4. The van der Waals surface area contributed by atoms with Crippen LogP contribution in [0.15, 0.2) is 30.5 Å². The summed E-state index contributed by atoms with van der Waals surface area (Å²) in [7, 11) is 2.01. The maximum absolute atomic E-state index is 12.9. The molecule has 1 aliphatic rings. The number of carbonyl (C=O) groups is 1. The van der Waals surface area contributed by atoms with Gasteiger partial charge in [-0.1, -0.05) is 24.3 Å². The summed E-state index contributed by atoms with van der Waals surface area (Å²) < 4.78 is 8.03. The molecule has 0 aliphatic carbocycles. The first-order valence-electron chi connectivity index (χ1n) is 11.2. The van der Waals surface area contributed by atoms with Crippen molar-refractivity contribution in [3.05, 3.63) is 41.7 Å². The summed E-state index contributed by atoms with van der Waals surface area (Å²) >= 11 is 0. The van der Waals surface area contributed by atoms with Gasteiger partial charge in [-0.05, 0) is 38.1 Å². The molecule has 2 N–H and O–H groups in total. The first-order chi connectivity index (χ1) is 15.4. The Morgan fingerprint density at radius 2 is 2.19 bits per heavy atom. The number of likely N-dealkylation sites (N-methyl/N-ethyl adjacent to an activating group) is 1. The number of phenols is 1. The van der Waals surface area contributed by atoms with Crippen molar-refractivity contribution in [3.8, 4) is 5.75 Å². The highest BCUT2D eigenvalue weighted by atomic mass is 16.5. The summed E-state index contributed by atoms with van der Waals surface area (Å²) in [5.74, 6) is 0.318. The van der Waals surface area contributed by atoms with Crippen molar-refractivity contribution in [1.82, 2.24) is 24.8 Å². The van der Waals surface area contributed by atoms with Gasteiger partial charge in [-0.25, -0.2) is 0 Å². The van der Waals surface area contributed by atoms with Crippen molar-refractivity contribution in [3.63, 3.8) is 0 Å². The molecule has 0 radical (unpaired) electrons. The SMILES string of the molecule is C[C@@H]1CN([C@H](C)CO)C(=O)CCCn2cc(nn2)CO[C@H]1CN(C)Cc1cccc(O)c1. The van der Waals surface area contributed by atoms with E-state index in [1.807, 2.05) is 32.3 Å². The van der Waals surface area contributed by atoms with E-state index in [-0.39, 0.29) is 36.3 Å². The van der Waals surface area contributed by atoms with Gasteiger partial charge in [0.15, 0.2) is 0 Å². The van der Waals surface area contributed by atoms with E-state index in [9.17, 15) is 15.0 Å². The number of phenolic OH excluding ortho intramolecular Hbond substituents is 1. The lowest BCUT2D eigenvalue weighted by Crippen LogP contribution is -2.47. The van der Waals surface area contributed by atoms with E-state index in [4.69, 9.17) is 4.74 Å². The number of aromatic nitrogens is 3. The van der Waals surface area contributed by atoms with Crippen molar-refractivity contribution in [1.29, 1.82) is 0 Å². The van der Waals surface area contributed by atoms with Crippen molar-refractivity contribution >= 4 is 5.91 Å². The van der Waals surface area contributed by atoms with Gasteiger partial charge in [-0.15, -0.1) is 5.10 Å². The Bertz CT molecular complexity index is 874. The van der Waals surface area contributed by atoms with Crippen LogP contribution in [-0.4, -0.2) is 79.8 Å². The summed E-state index contributed by atoms with van der Waals surface area (Å²) in [6.45, 7) is 6.64. The molecule has 9 heteroatoms. The number of benzene rings is 1. The van der Waals surface area contributed by atoms with Crippen LogP contribution in [0.1, 0.15) is 37.9 Å². The third-order valence-electron chi connectivity index (χ3n) is 5.90. The highest BCUT2D eigenvalue weighted by molar-refractivity contribution is 5.76. The Morgan fingerprint density at radius 1 is 1.38 bits per heavy atom. The van der Waals surface area contributed by atoms with Gasteiger partial charge in [-0.2, -0.15) is 0 Å². The quantitative estimate of drug-likeness (QED) is 0.697. The molecule has 1 aromatic heterocycles. The third kappa shape index (κ3) is 6.75. The zero-order chi connectivity index (χ0) is 23.1. The molecule has 9 nitrogen and oxygen atoms in total. The Balaban J connectivity index is 1.76. The van der Waals surface area contributed by atoms with E-state index in [1.165, 1.54) is 0 Å². The number of rotatable bonds is 6. The maximum atomic E-state index is 12.9. The van der Waals surface area contributed by atoms with Gasteiger partial charge < -0.3 is 19.8 Å². The number of amides is 1. The second-order valence-electron chi connectivity index (χ2n) is 8.85. The van der Waals surface area contributed by atoms with Crippen LogP contribution in [0.3, 0.4) is 0 Å². The fourth-order valence-electron chi connectivity index (χ4n) is 4.03. The number of nitrogens with zero attached hydrogens (tertiary/aromatic N) is 5. The van der Waals surface area contributed by atoms with Crippen LogP contribution in [0, 0.1) is 5.92 Å². The maximum Gasteiger partial charge on any atom is 0.222 e. The molecule has 0 saturated heterocycles. The van der Waals surface area contributed by atoms with Crippen LogP contribution in [0.25, 0.3) is 0 Å². The van der Waals surface area contributed by atoms with Crippen LogP contribution in [0.2, 0.25) is 0 Å². The molecule has 32 heavy (non-hydrogen) atoms. The second-order valence-corrected chi connectivity index (χ2v) is 8.85. The minimum atomic E-state index is -0.252. The summed E-state index contributed by atoms with van der Waals surface area (Å²) in [5, 5.41) is 27.8. The Labute approximate surface area is 189 Å². The van der Waals surface area contributed by atoms with Gasteiger partial charge >= 0.3 is 0 Å². The summed E-state index contributed by atoms with van der Waals surface area (Å²) in [6, 6.07) is 6.97. The van der Waals surface area contributed by atoms with Gasteiger partial charge in [0.1, 0.15) is 11.4 Å².